The maximum atomic E-state index is 12.3. The van der Waals surface area contributed by atoms with Crippen LogP contribution in [0.5, 0.6) is 11.5 Å². The summed E-state index contributed by atoms with van der Waals surface area (Å²) in [6, 6.07) is 11.7. The summed E-state index contributed by atoms with van der Waals surface area (Å²) in [5.74, 6) is 1.78. The van der Waals surface area contributed by atoms with Crippen molar-refractivity contribution in [3.63, 3.8) is 0 Å². The summed E-state index contributed by atoms with van der Waals surface area (Å²) < 4.78 is 10.9. The first kappa shape index (κ1) is 20.6. The van der Waals surface area contributed by atoms with Crippen LogP contribution < -0.4 is 20.1 Å². The Morgan fingerprint density at radius 1 is 1.15 bits per heavy atom. The van der Waals surface area contributed by atoms with E-state index < -0.39 is 0 Å². The average molecular weight is 370 g/mol. The van der Waals surface area contributed by atoms with Gasteiger partial charge in [0.15, 0.2) is 11.5 Å². The number of anilines is 1. The maximum absolute atomic E-state index is 12.3. The highest BCUT2D eigenvalue weighted by Crippen LogP contribution is 2.28. The lowest BCUT2D eigenvalue weighted by molar-refractivity contribution is 0.252. The van der Waals surface area contributed by atoms with Gasteiger partial charge in [-0.3, -0.25) is 0 Å². The Bertz CT molecular complexity index is 772. The summed E-state index contributed by atoms with van der Waals surface area (Å²) in [5.41, 5.74) is 4.18. The summed E-state index contributed by atoms with van der Waals surface area (Å²) in [5, 5.41) is 5.93. The van der Waals surface area contributed by atoms with Crippen molar-refractivity contribution in [3.8, 4) is 11.5 Å². The first-order chi connectivity index (χ1) is 13.0. The van der Waals surface area contributed by atoms with Gasteiger partial charge in [-0.2, -0.15) is 0 Å². The summed E-state index contributed by atoms with van der Waals surface area (Å²) in [7, 11) is 1.63. The molecule has 0 bridgehead atoms. The standard InChI is InChI=1S/C22H30N2O3/c1-6-27-19-11-10-17(14-20(19)26-5)12-13-23-22(25)24-21-16(4)8-7-9-18(21)15(2)3/h7-11,14-15H,6,12-13H2,1-5H3,(H2,23,24,25). The number of aryl methyl sites for hydroxylation is 1. The molecule has 0 atom stereocenters. The zero-order chi connectivity index (χ0) is 19.8. The van der Waals surface area contributed by atoms with Crippen LogP contribution in [0.25, 0.3) is 0 Å². The average Bonchev–Trinajstić information content (AvgIpc) is 2.64. The Morgan fingerprint density at radius 3 is 2.59 bits per heavy atom. The molecule has 2 aromatic carbocycles. The number of methoxy groups -OCH3 is 1. The third kappa shape index (κ3) is 5.64. The van der Waals surface area contributed by atoms with Crippen LogP contribution in [0.4, 0.5) is 10.5 Å². The normalized spacial score (nSPS) is 10.6. The number of benzene rings is 2. The predicted molar refractivity (Wildman–Crippen MR) is 110 cm³/mol. The topological polar surface area (TPSA) is 59.6 Å². The van der Waals surface area contributed by atoms with Gasteiger partial charge >= 0.3 is 6.03 Å². The molecule has 0 fully saturated rings. The number of amides is 2. The fraction of sp³-hybridized carbons (Fsp3) is 0.409. The summed E-state index contributed by atoms with van der Waals surface area (Å²) in [6.45, 7) is 9.32. The van der Waals surface area contributed by atoms with Crippen LogP contribution in [0, 0.1) is 6.92 Å². The first-order valence-electron chi connectivity index (χ1n) is 9.40. The van der Waals surface area contributed by atoms with Gasteiger partial charge in [0.25, 0.3) is 0 Å². The zero-order valence-corrected chi connectivity index (χ0v) is 16.9. The Labute approximate surface area is 162 Å². The zero-order valence-electron chi connectivity index (χ0n) is 16.9. The second-order valence-electron chi connectivity index (χ2n) is 6.74. The second kappa shape index (κ2) is 9.86. The quantitative estimate of drug-likeness (QED) is 0.695. The van der Waals surface area contributed by atoms with Gasteiger partial charge in [-0.1, -0.05) is 38.1 Å². The monoisotopic (exact) mass is 370 g/mol. The van der Waals surface area contributed by atoms with E-state index in [1.807, 2.05) is 44.2 Å². The molecule has 0 aliphatic heterocycles. The summed E-state index contributed by atoms with van der Waals surface area (Å²) in [6.07, 6.45) is 0.709. The van der Waals surface area contributed by atoms with Crippen molar-refractivity contribution in [2.24, 2.45) is 0 Å². The van der Waals surface area contributed by atoms with E-state index in [-0.39, 0.29) is 6.03 Å². The molecule has 0 heterocycles. The van der Waals surface area contributed by atoms with Crippen molar-refractivity contribution in [3.05, 3.63) is 53.1 Å². The van der Waals surface area contributed by atoms with Crippen LogP contribution in [0.15, 0.2) is 36.4 Å². The maximum Gasteiger partial charge on any atom is 0.319 e. The van der Waals surface area contributed by atoms with Gasteiger partial charge < -0.3 is 20.1 Å². The number of nitrogens with one attached hydrogen (secondary N) is 2. The van der Waals surface area contributed by atoms with Crippen molar-refractivity contribution >= 4 is 11.7 Å². The minimum Gasteiger partial charge on any atom is -0.493 e. The van der Waals surface area contributed by atoms with E-state index in [2.05, 4.69) is 30.5 Å². The van der Waals surface area contributed by atoms with Crippen molar-refractivity contribution in [1.82, 2.24) is 5.32 Å². The van der Waals surface area contributed by atoms with Gasteiger partial charge in [0.1, 0.15) is 0 Å². The molecule has 2 rings (SSSR count). The van der Waals surface area contributed by atoms with E-state index in [0.717, 1.165) is 28.1 Å². The minimum absolute atomic E-state index is 0.191. The molecule has 27 heavy (non-hydrogen) atoms. The molecule has 0 spiro atoms. The summed E-state index contributed by atoms with van der Waals surface area (Å²) in [4.78, 5) is 12.3. The fourth-order valence-corrected chi connectivity index (χ4v) is 2.96. The Hall–Kier alpha value is -2.69. The Morgan fingerprint density at radius 2 is 1.93 bits per heavy atom. The summed E-state index contributed by atoms with van der Waals surface area (Å²) >= 11 is 0. The second-order valence-corrected chi connectivity index (χ2v) is 6.74. The number of hydrogen-bond donors (Lipinski definition) is 2. The van der Waals surface area contributed by atoms with Gasteiger partial charge in [0.2, 0.25) is 0 Å². The van der Waals surface area contributed by atoms with Gasteiger partial charge in [0, 0.05) is 12.2 Å². The smallest absolute Gasteiger partial charge is 0.319 e. The van der Waals surface area contributed by atoms with Crippen LogP contribution >= 0.6 is 0 Å². The van der Waals surface area contributed by atoms with E-state index in [1.165, 1.54) is 0 Å². The van der Waals surface area contributed by atoms with Crippen LogP contribution in [-0.2, 0) is 6.42 Å². The molecule has 2 amide bonds. The molecule has 5 nitrogen and oxygen atoms in total. The molecule has 0 unspecified atom stereocenters. The number of ether oxygens (including phenoxy) is 2. The minimum atomic E-state index is -0.191. The van der Waals surface area contributed by atoms with Gasteiger partial charge in [-0.15, -0.1) is 0 Å². The number of urea groups is 1. The molecule has 146 valence electrons. The van der Waals surface area contributed by atoms with Crippen LogP contribution in [0.2, 0.25) is 0 Å². The van der Waals surface area contributed by atoms with E-state index >= 15 is 0 Å². The van der Waals surface area contributed by atoms with Crippen molar-refractivity contribution in [1.29, 1.82) is 0 Å². The molecule has 0 saturated heterocycles. The molecule has 5 heteroatoms. The van der Waals surface area contributed by atoms with Crippen molar-refractivity contribution < 1.29 is 14.3 Å². The third-order valence-corrected chi connectivity index (χ3v) is 4.39. The molecule has 0 aromatic heterocycles. The molecule has 0 radical (unpaired) electrons. The number of carbonyl (C=O) groups excluding carboxylic acids is 1. The lowest BCUT2D eigenvalue weighted by Gasteiger charge is -2.17. The number of rotatable bonds is 8. The highest BCUT2D eigenvalue weighted by molar-refractivity contribution is 5.91. The van der Waals surface area contributed by atoms with Crippen LogP contribution in [0.1, 0.15) is 43.4 Å². The fourth-order valence-electron chi connectivity index (χ4n) is 2.96. The van der Waals surface area contributed by atoms with E-state index in [0.29, 0.717) is 31.2 Å². The van der Waals surface area contributed by atoms with Gasteiger partial charge in [0.05, 0.1) is 13.7 Å². The first-order valence-corrected chi connectivity index (χ1v) is 9.40. The van der Waals surface area contributed by atoms with Crippen molar-refractivity contribution in [2.75, 3.05) is 25.6 Å². The predicted octanol–water partition coefficient (Wildman–Crippen LogP) is 4.89. The molecular weight excluding hydrogens is 340 g/mol. The SMILES string of the molecule is CCOc1ccc(CCNC(=O)Nc2c(C)cccc2C(C)C)cc1OC. The van der Waals surface area contributed by atoms with Crippen LogP contribution in [0.3, 0.4) is 0 Å². The molecular formula is C22H30N2O3. The molecule has 0 aliphatic carbocycles. The van der Waals surface area contributed by atoms with Gasteiger partial charge in [-0.05, 0) is 55.0 Å². The third-order valence-electron chi connectivity index (χ3n) is 4.39. The van der Waals surface area contributed by atoms with Gasteiger partial charge in [-0.25, -0.2) is 4.79 Å². The number of carbonyl (C=O) groups is 1. The van der Waals surface area contributed by atoms with E-state index in [9.17, 15) is 4.79 Å². The Balaban J connectivity index is 1.94. The molecule has 2 aromatic rings. The molecule has 0 aliphatic rings. The molecule has 0 saturated carbocycles. The molecule has 2 N–H and O–H groups in total. The highest BCUT2D eigenvalue weighted by Gasteiger charge is 2.12. The lowest BCUT2D eigenvalue weighted by atomic mass is 9.98. The lowest BCUT2D eigenvalue weighted by Crippen LogP contribution is -2.31. The van der Waals surface area contributed by atoms with Crippen molar-refractivity contribution in [2.45, 2.75) is 40.0 Å². The highest BCUT2D eigenvalue weighted by atomic mass is 16.5. The largest absolute Gasteiger partial charge is 0.493 e. The van der Waals surface area contributed by atoms with E-state index in [1.54, 1.807) is 7.11 Å². The van der Waals surface area contributed by atoms with E-state index in [4.69, 9.17) is 9.47 Å². The number of para-hydroxylation sites is 1. The number of hydrogen-bond acceptors (Lipinski definition) is 3. The van der Waals surface area contributed by atoms with Crippen LogP contribution in [-0.4, -0.2) is 26.3 Å². The Kier molecular flexibility index (Phi) is 7.53.